The molecule has 2 aliphatic heterocycles. The summed E-state index contributed by atoms with van der Waals surface area (Å²) in [5, 5.41) is 3.51. The summed E-state index contributed by atoms with van der Waals surface area (Å²) in [4.78, 5) is 17.1. The predicted molar refractivity (Wildman–Crippen MR) is 81.4 cm³/mol. The molecule has 2 atom stereocenters. The Kier molecular flexibility index (Phi) is 5.15. The molecule has 0 saturated carbocycles. The number of nitrogens with one attached hydrogen (secondary N) is 1. The van der Waals surface area contributed by atoms with Gasteiger partial charge in [-0.05, 0) is 19.8 Å². The molecular formula is C14H27N3OS. The van der Waals surface area contributed by atoms with E-state index in [1.165, 1.54) is 24.6 Å². The van der Waals surface area contributed by atoms with Crippen LogP contribution < -0.4 is 5.32 Å². The van der Waals surface area contributed by atoms with Crippen LogP contribution in [0.4, 0.5) is 0 Å². The zero-order chi connectivity index (χ0) is 13.9. The molecule has 0 spiro atoms. The van der Waals surface area contributed by atoms with E-state index in [0.29, 0.717) is 0 Å². The first kappa shape index (κ1) is 15.1. The van der Waals surface area contributed by atoms with E-state index in [4.69, 9.17) is 0 Å². The fourth-order valence-corrected chi connectivity index (χ4v) is 3.85. The number of hydrogen-bond acceptors (Lipinski definition) is 4. The van der Waals surface area contributed by atoms with E-state index in [9.17, 15) is 4.79 Å². The van der Waals surface area contributed by atoms with Crippen LogP contribution in [0, 0.1) is 0 Å². The van der Waals surface area contributed by atoms with Gasteiger partial charge >= 0.3 is 0 Å². The van der Waals surface area contributed by atoms with Crippen LogP contribution in [0.2, 0.25) is 0 Å². The van der Waals surface area contributed by atoms with Gasteiger partial charge in [0.05, 0.1) is 11.7 Å². The first-order chi connectivity index (χ1) is 9.10. The van der Waals surface area contributed by atoms with Gasteiger partial charge in [-0.1, -0.05) is 13.8 Å². The summed E-state index contributed by atoms with van der Waals surface area (Å²) in [7, 11) is 0. The standard InChI is InChI=1S/C14H27N3OS/c1-4-12-15-14(3,5-2)13(18)17(12)7-6-16-8-10-19-11-9-16/h12,15H,4-11H2,1-3H3. The SMILES string of the molecule is CCC1NC(C)(CC)C(=O)N1CCN1CCSCC1. The fraction of sp³-hybridized carbons (Fsp3) is 0.929. The second-order valence-corrected chi connectivity index (χ2v) is 6.93. The highest BCUT2D eigenvalue weighted by molar-refractivity contribution is 7.99. The Balaban J connectivity index is 1.92. The fourth-order valence-electron chi connectivity index (χ4n) is 2.87. The van der Waals surface area contributed by atoms with Gasteiger partial charge in [-0.2, -0.15) is 11.8 Å². The van der Waals surface area contributed by atoms with Gasteiger partial charge in [-0.25, -0.2) is 0 Å². The summed E-state index contributed by atoms with van der Waals surface area (Å²) in [6.45, 7) is 10.5. The highest BCUT2D eigenvalue weighted by Gasteiger charge is 2.45. The Morgan fingerprint density at radius 1 is 1.32 bits per heavy atom. The van der Waals surface area contributed by atoms with Crippen LogP contribution in [0.5, 0.6) is 0 Å². The van der Waals surface area contributed by atoms with Crippen LogP contribution in [0.1, 0.15) is 33.6 Å². The molecule has 2 rings (SSSR count). The maximum absolute atomic E-state index is 12.5. The third-order valence-electron chi connectivity index (χ3n) is 4.45. The number of rotatable bonds is 5. The molecular weight excluding hydrogens is 258 g/mol. The number of carbonyl (C=O) groups is 1. The summed E-state index contributed by atoms with van der Waals surface area (Å²) in [6, 6.07) is 0. The second-order valence-electron chi connectivity index (χ2n) is 5.71. The van der Waals surface area contributed by atoms with Gasteiger partial charge in [-0.3, -0.25) is 15.0 Å². The van der Waals surface area contributed by atoms with Crippen molar-refractivity contribution < 1.29 is 4.79 Å². The van der Waals surface area contributed by atoms with E-state index in [2.05, 4.69) is 29.0 Å². The first-order valence-corrected chi connectivity index (χ1v) is 8.65. The lowest BCUT2D eigenvalue weighted by Gasteiger charge is -2.30. The van der Waals surface area contributed by atoms with Gasteiger partial charge in [0.25, 0.3) is 0 Å². The zero-order valence-electron chi connectivity index (χ0n) is 12.4. The third-order valence-corrected chi connectivity index (χ3v) is 5.39. The molecule has 2 fully saturated rings. The average molecular weight is 285 g/mol. The van der Waals surface area contributed by atoms with Crippen molar-refractivity contribution in [3.63, 3.8) is 0 Å². The van der Waals surface area contributed by atoms with E-state index in [0.717, 1.165) is 25.9 Å². The van der Waals surface area contributed by atoms with Crippen molar-refractivity contribution in [2.75, 3.05) is 37.7 Å². The average Bonchev–Trinajstić information content (AvgIpc) is 2.70. The molecule has 1 amide bonds. The molecule has 0 radical (unpaired) electrons. The molecule has 0 bridgehead atoms. The Morgan fingerprint density at radius 3 is 2.58 bits per heavy atom. The molecule has 5 heteroatoms. The Labute approximate surface area is 121 Å². The van der Waals surface area contributed by atoms with Gasteiger partial charge in [-0.15, -0.1) is 0 Å². The molecule has 2 heterocycles. The van der Waals surface area contributed by atoms with Crippen molar-refractivity contribution in [1.29, 1.82) is 0 Å². The highest BCUT2D eigenvalue weighted by atomic mass is 32.2. The number of hydrogen-bond donors (Lipinski definition) is 1. The number of thioether (sulfide) groups is 1. The largest absolute Gasteiger partial charge is 0.324 e. The summed E-state index contributed by atoms with van der Waals surface area (Å²) in [6.07, 6.45) is 2.06. The first-order valence-electron chi connectivity index (χ1n) is 7.49. The lowest BCUT2D eigenvalue weighted by Crippen LogP contribution is -2.44. The maximum atomic E-state index is 12.5. The van der Waals surface area contributed by atoms with Crippen LogP contribution in [0.3, 0.4) is 0 Å². The van der Waals surface area contributed by atoms with E-state index in [-0.39, 0.29) is 17.6 Å². The molecule has 2 aliphatic rings. The smallest absolute Gasteiger partial charge is 0.243 e. The monoisotopic (exact) mass is 285 g/mol. The van der Waals surface area contributed by atoms with Crippen molar-refractivity contribution >= 4 is 17.7 Å². The van der Waals surface area contributed by atoms with Gasteiger partial charge in [0.1, 0.15) is 0 Å². The van der Waals surface area contributed by atoms with Crippen LogP contribution in [0.25, 0.3) is 0 Å². The number of amides is 1. The molecule has 19 heavy (non-hydrogen) atoms. The Hall–Kier alpha value is -0.260. The molecule has 2 unspecified atom stereocenters. The van der Waals surface area contributed by atoms with Crippen LogP contribution in [-0.4, -0.2) is 65.1 Å². The number of nitrogens with zero attached hydrogens (tertiary/aromatic N) is 2. The zero-order valence-corrected chi connectivity index (χ0v) is 13.3. The van der Waals surface area contributed by atoms with Crippen LogP contribution >= 0.6 is 11.8 Å². The summed E-state index contributed by atoms with van der Waals surface area (Å²) in [5.74, 6) is 2.75. The van der Waals surface area contributed by atoms with E-state index in [1.807, 2.05) is 18.7 Å². The summed E-state index contributed by atoms with van der Waals surface area (Å²) < 4.78 is 0. The van der Waals surface area contributed by atoms with Crippen molar-refractivity contribution in [1.82, 2.24) is 15.1 Å². The van der Waals surface area contributed by atoms with Gasteiger partial charge in [0, 0.05) is 37.7 Å². The molecule has 0 aliphatic carbocycles. The highest BCUT2D eigenvalue weighted by Crippen LogP contribution is 2.24. The van der Waals surface area contributed by atoms with Gasteiger partial charge < -0.3 is 4.90 Å². The van der Waals surface area contributed by atoms with E-state index >= 15 is 0 Å². The van der Waals surface area contributed by atoms with E-state index in [1.54, 1.807) is 0 Å². The van der Waals surface area contributed by atoms with Crippen molar-refractivity contribution in [3.05, 3.63) is 0 Å². The molecule has 110 valence electrons. The molecule has 2 saturated heterocycles. The quantitative estimate of drug-likeness (QED) is 0.827. The molecule has 0 aromatic carbocycles. The van der Waals surface area contributed by atoms with Gasteiger partial charge in [0.15, 0.2) is 0 Å². The topological polar surface area (TPSA) is 35.6 Å². The van der Waals surface area contributed by atoms with Crippen molar-refractivity contribution in [2.45, 2.75) is 45.3 Å². The molecule has 1 N–H and O–H groups in total. The third kappa shape index (κ3) is 3.26. The molecule has 0 aromatic heterocycles. The Morgan fingerprint density at radius 2 is 2.00 bits per heavy atom. The lowest BCUT2D eigenvalue weighted by molar-refractivity contribution is -0.133. The molecule has 4 nitrogen and oxygen atoms in total. The normalized spacial score (nSPS) is 33.1. The summed E-state index contributed by atoms with van der Waals surface area (Å²) >= 11 is 2.03. The predicted octanol–water partition coefficient (Wildman–Crippen LogP) is 1.37. The minimum atomic E-state index is -0.349. The van der Waals surface area contributed by atoms with Crippen LogP contribution in [0.15, 0.2) is 0 Å². The van der Waals surface area contributed by atoms with Crippen molar-refractivity contribution in [3.8, 4) is 0 Å². The van der Waals surface area contributed by atoms with E-state index < -0.39 is 0 Å². The minimum Gasteiger partial charge on any atom is -0.324 e. The van der Waals surface area contributed by atoms with Gasteiger partial charge in [0.2, 0.25) is 5.91 Å². The Bertz CT molecular complexity index is 320. The number of carbonyl (C=O) groups excluding carboxylic acids is 1. The minimum absolute atomic E-state index is 0.219. The lowest BCUT2D eigenvalue weighted by atomic mass is 9.99. The summed E-state index contributed by atoms with van der Waals surface area (Å²) in [5.41, 5.74) is -0.349. The van der Waals surface area contributed by atoms with Crippen molar-refractivity contribution in [2.24, 2.45) is 0 Å². The maximum Gasteiger partial charge on any atom is 0.243 e. The molecule has 0 aromatic rings. The second kappa shape index (κ2) is 6.46. The van der Waals surface area contributed by atoms with Crippen LogP contribution in [-0.2, 0) is 4.79 Å².